The molecule has 2 amide bonds. The van der Waals surface area contributed by atoms with Gasteiger partial charge in [0.15, 0.2) is 0 Å². The molecule has 0 spiro atoms. The van der Waals surface area contributed by atoms with E-state index in [1.165, 1.54) is 0 Å². The highest BCUT2D eigenvalue weighted by Crippen LogP contribution is 2.18. The first kappa shape index (κ1) is 13.3. The maximum absolute atomic E-state index is 11.9. The zero-order valence-corrected chi connectivity index (χ0v) is 10.5. The lowest BCUT2D eigenvalue weighted by molar-refractivity contribution is -0.141. The minimum Gasteiger partial charge on any atom is -0.480 e. The molecule has 0 bridgehead atoms. The lowest BCUT2D eigenvalue weighted by Gasteiger charge is -2.21. The summed E-state index contributed by atoms with van der Waals surface area (Å²) >= 11 is 0. The molecule has 0 radical (unpaired) electrons. The summed E-state index contributed by atoms with van der Waals surface area (Å²) in [4.78, 5) is 24.0. The molecule has 0 aromatic carbocycles. The van der Waals surface area contributed by atoms with Crippen LogP contribution in [0.5, 0.6) is 0 Å². The molecule has 1 aliphatic heterocycles. The van der Waals surface area contributed by atoms with E-state index in [2.05, 4.69) is 10.4 Å². The smallest absolute Gasteiger partial charge is 0.326 e. The number of rotatable bonds is 3. The molecule has 1 saturated heterocycles. The van der Waals surface area contributed by atoms with Gasteiger partial charge in [0, 0.05) is 38.3 Å². The van der Waals surface area contributed by atoms with Gasteiger partial charge in [-0.3, -0.25) is 4.68 Å². The van der Waals surface area contributed by atoms with Crippen LogP contribution in [0.1, 0.15) is 12.0 Å². The predicted molar refractivity (Wildman–Crippen MR) is 64.2 cm³/mol. The number of hydrogen-bond donors (Lipinski definition) is 3. The Morgan fingerprint density at radius 2 is 2.32 bits per heavy atom. The second-order valence-corrected chi connectivity index (χ2v) is 4.58. The third-order valence-electron chi connectivity index (χ3n) is 3.03. The van der Waals surface area contributed by atoms with Gasteiger partial charge in [0.25, 0.3) is 0 Å². The molecule has 2 atom stereocenters. The zero-order chi connectivity index (χ0) is 14.0. The number of likely N-dealkylation sites (tertiary alicyclic amines) is 1. The van der Waals surface area contributed by atoms with E-state index in [9.17, 15) is 14.7 Å². The number of carbonyl (C=O) groups excluding carboxylic acids is 1. The number of carboxylic acid groups (broad SMARTS) is 1. The van der Waals surface area contributed by atoms with Gasteiger partial charge < -0.3 is 20.4 Å². The van der Waals surface area contributed by atoms with E-state index in [0.29, 0.717) is 0 Å². The first-order chi connectivity index (χ1) is 8.97. The van der Waals surface area contributed by atoms with Crippen LogP contribution in [-0.4, -0.2) is 55.6 Å². The van der Waals surface area contributed by atoms with Crippen molar-refractivity contribution in [1.29, 1.82) is 0 Å². The van der Waals surface area contributed by atoms with Gasteiger partial charge in [-0.15, -0.1) is 0 Å². The molecule has 0 aliphatic carbocycles. The number of aliphatic carboxylic acids is 1. The van der Waals surface area contributed by atoms with E-state index in [-0.39, 0.29) is 19.5 Å². The number of aromatic nitrogens is 2. The molecule has 1 fully saturated rings. The fourth-order valence-electron chi connectivity index (χ4n) is 2.11. The van der Waals surface area contributed by atoms with Crippen molar-refractivity contribution in [3.63, 3.8) is 0 Å². The zero-order valence-electron chi connectivity index (χ0n) is 10.5. The maximum atomic E-state index is 11.9. The molecular formula is C11H16N4O4. The van der Waals surface area contributed by atoms with Crippen molar-refractivity contribution in [1.82, 2.24) is 20.0 Å². The van der Waals surface area contributed by atoms with E-state index < -0.39 is 24.1 Å². The number of β-amino-alcohol motifs (C(OH)–C–C–N with tert-alkyl or cyclic N) is 1. The Hall–Kier alpha value is -2.09. The van der Waals surface area contributed by atoms with Gasteiger partial charge in [-0.25, -0.2) is 9.59 Å². The Morgan fingerprint density at radius 3 is 2.89 bits per heavy atom. The highest BCUT2D eigenvalue weighted by atomic mass is 16.4. The number of urea groups is 1. The van der Waals surface area contributed by atoms with Crippen molar-refractivity contribution in [3.05, 3.63) is 18.0 Å². The SMILES string of the molecule is Cn1cc(CNC(=O)N2C[C@@H](O)C[C@H]2C(=O)O)cn1. The molecule has 8 nitrogen and oxygen atoms in total. The standard InChI is InChI=1S/C11H16N4O4/c1-14-5-7(4-13-14)3-12-11(19)15-6-8(16)2-9(15)10(17)18/h4-5,8-9,16H,2-3,6H2,1H3,(H,12,19)(H,17,18)/t8-,9-/m0/s1. The summed E-state index contributed by atoms with van der Waals surface area (Å²) in [5.74, 6) is -1.10. The number of amides is 2. The molecule has 2 heterocycles. The topological polar surface area (TPSA) is 108 Å². The average molecular weight is 268 g/mol. The van der Waals surface area contributed by atoms with Gasteiger partial charge in [0.1, 0.15) is 6.04 Å². The number of carboxylic acids is 1. The van der Waals surface area contributed by atoms with Crippen molar-refractivity contribution >= 4 is 12.0 Å². The van der Waals surface area contributed by atoms with E-state index in [1.807, 2.05) is 0 Å². The van der Waals surface area contributed by atoms with Crippen molar-refractivity contribution in [2.24, 2.45) is 7.05 Å². The van der Waals surface area contributed by atoms with Gasteiger partial charge >= 0.3 is 12.0 Å². The molecule has 104 valence electrons. The molecule has 3 N–H and O–H groups in total. The predicted octanol–water partition coefficient (Wildman–Crippen LogP) is -0.850. The lowest BCUT2D eigenvalue weighted by atomic mass is 10.2. The molecule has 1 aromatic rings. The Balaban J connectivity index is 1.93. The molecular weight excluding hydrogens is 252 g/mol. The number of nitrogens with zero attached hydrogens (tertiary/aromatic N) is 3. The Kier molecular flexibility index (Phi) is 3.70. The number of aryl methyl sites for hydroxylation is 1. The molecule has 1 aliphatic rings. The number of aliphatic hydroxyl groups is 1. The molecule has 0 unspecified atom stereocenters. The Bertz CT molecular complexity index is 487. The lowest BCUT2D eigenvalue weighted by Crippen LogP contribution is -2.45. The fourth-order valence-corrected chi connectivity index (χ4v) is 2.11. The van der Waals surface area contributed by atoms with Crippen LogP contribution in [0, 0.1) is 0 Å². The summed E-state index contributed by atoms with van der Waals surface area (Å²) in [5.41, 5.74) is 0.822. The summed E-state index contributed by atoms with van der Waals surface area (Å²) in [6.45, 7) is 0.307. The van der Waals surface area contributed by atoms with Crippen molar-refractivity contribution in [3.8, 4) is 0 Å². The molecule has 2 rings (SSSR count). The summed E-state index contributed by atoms with van der Waals surface area (Å²) in [6.07, 6.45) is 2.65. The second-order valence-electron chi connectivity index (χ2n) is 4.58. The summed E-state index contributed by atoms with van der Waals surface area (Å²) < 4.78 is 1.61. The van der Waals surface area contributed by atoms with Crippen molar-refractivity contribution in [2.45, 2.75) is 25.1 Å². The molecule has 0 saturated carbocycles. The van der Waals surface area contributed by atoms with Gasteiger partial charge in [-0.05, 0) is 0 Å². The highest BCUT2D eigenvalue weighted by Gasteiger charge is 2.38. The maximum Gasteiger partial charge on any atom is 0.326 e. The Morgan fingerprint density at radius 1 is 1.58 bits per heavy atom. The minimum atomic E-state index is -1.10. The van der Waals surface area contributed by atoms with E-state index >= 15 is 0 Å². The van der Waals surface area contributed by atoms with Crippen LogP contribution < -0.4 is 5.32 Å². The van der Waals surface area contributed by atoms with E-state index in [0.717, 1.165) is 10.5 Å². The molecule has 8 heteroatoms. The normalized spacial score (nSPS) is 22.5. The molecule has 19 heavy (non-hydrogen) atoms. The van der Waals surface area contributed by atoms with Gasteiger partial charge in [0.2, 0.25) is 0 Å². The third kappa shape index (κ3) is 3.02. The highest BCUT2D eigenvalue weighted by molar-refractivity contribution is 5.83. The number of hydrogen-bond acceptors (Lipinski definition) is 4. The van der Waals surface area contributed by atoms with Gasteiger partial charge in [-0.1, -0.05) is 0 Å². The summed E-state index contributed by atoms with van der Waals surface area (Å²) in [7, 11) is 1.77. The van der Waals surface area contributed by atoms with Gasteiger partial charge in [-0.2, -0.15) is 5.10 Å². The van der Waals surface area contributed by atoms with Crippen LogP contribution in [0.2, 0.25) is 0 Å². The second kappa shape index (κ2) is 5.27. The number of carbonyl (C=O) groups is 2. The number of aliphatic hydroxyl groups excluding tert-OH is 1. The first-order valence-electron chi connectivity index (χ1n) is 5.90. The van der Waals surface area contributed by atoms with Crippen LogP contribution in [-0.2, 0) is 18.4 Å². The van der Waals surface area contributed by atoms with E-state index in [1.54, 1.807) is 24.1 Å². The Labute approximate surface area is 109 Å². The van der Waals surface area contributed by atoms with Crippen LogP contribution in [0.4, 0.5) is 4.79 Å². The molecule has 1 aromatic heterocycles. The monoisotopic (exact) mass is 268 g/mol. The third-order valence-corrected chi connectivity index (χ3v) is 3.03. The quantitative estimate of drug-likeness (QED) is 0.662. The van der Waals surface area contributed by atoms with Crippen LogP contribution >= 0.6 is 0 Å². The largest absolute Gasteiger partial charge is 0.480 e. The van der Waals surface area contributed by atoms with Crippen LogP contribution in [0.25, 0.3) is 0 Å². The van der Waals surface area contributed by atoms with E-state index in [4.69, 9.17) is 5.11 Å². The van der Waals surface area contributed by atoms with Crippen molar-refractivity contribution in [2.75, 3.05) is 6.54 Å². The minimum absolute atomic E-state index is 0.0375. The fraction of sp³-hybridized carbons (Fsp3) is 0.545. The first-order valence-corrected chi connectivity index (χ1v) is 5.90. The average Bonchev–Trinajstić information content (AvgIpc) is 2.92. The van der Waals surface area contributed by atoms with Crippen molar-refractivity contribution < 1.29 is 19.8 Å². The van der Waals surface area contributed by atoms with Gasteiger partial charge in [0.05, 0.1) is 12.3 Å². The summed E-state index contributed by atoms with van der Waals surface area (Å²) in [6, 6.07) is -1.46. The van der Waals surface area contributed by atoms with Crippen LogP contribution in [0.3, 0.4) is 0 Å². The number of nitrogens with one attached hydrogen (secondary N) is 1. The van der Waals surface area contributed by atoms with Crippen LogP contribution in [0.15, 0.2) is 12.4 Å². The summed E-state index contributed by atoms with van der Waals surface area (Å²) in [5, 5.41) is 25.0.